The summed E-state index contributed by atoms with van der Waals surface area (Å²) in [5.41, 5.74) is 17.6. The van der Waals surface area contributed by atoms with Gasteiger partial charge in [0.1, 0.15) is 17.3 Å². The van der Waals surface area contributed by atoms with Crippen molar-refractivity contribution < 1.29 is 9.53 Å². The van der Waals surface area contributed by atoms with Gasteiger partial charge in [-0.05, 0) is 61.1 Å². The minimum absolute atomic E-state index is 0.201. The number of nitrogens with zero attached hydrogens (tertiary/aromatic N) is 3. The number of nitrogens with one attached hydrogen (secondary N) is 1. The predicted octanol–water partition coefficient (Wildman–Crippen LogP) is 5.73. The van der Waals surface area contributed by atoms with E-state index in [0.717, 1.165) is 70.2 Å². The standard InChI is InChI=1S/C32H34N6O2S/c1-37-26-8-4-3-6-21(26)16-27(37)32(39)36-25-10-9-20(17-28(25)40-2)24-19-41-30-22(18-35-31(34)29(24)30)7-5-13-38-14-11-23(33)12-15-38/h3-10,16-19,23H,11-15,33H2,1-2H3,(H2,34,35)(H,36,39). The number of nitrogens with two attached hydrogens (primary N) is 2. The van der Waals surface area contributed by atoms with Gasteiger partial charge in [-0.3, -0.25) is 9.69 Å². The predicted molar refractivity (Wildman–Crippen MR) is 170 cm³/mol. The number of methoxy groups -OCH3 is 1. The van der Waals surface area contributed by atoms with Crippen molar-refractivity contribution in [2.75, 3.05) is 37.8 Å². The summed E-state index contributed by atoms with van der Waals surface area (Å²) in [6.07, 6.45) is 8.26. The fraction of sp³-hybridized carbons (Fsp3) is 0.250. The van der Waals surface area contributed by atoms with Gasteiger partial charge in [0.25, 0.3) is 5.91 Å². The maximum absolute atomic E-state index is 13.2. The molecule has 6 rings (SSSR count). The van der Waals surface area contributed by atoms with Crippen LogP contribution in [-0.2, 0) is 7.05 Å². The molecule has 5 N–H and O–H groups in total. The topological polar surface area (TPSA) is 111 Å². The molecule has 5 aromatic rings. The van der Waals surface area contributed by atoms with Crippen LogP contribution < -0.4 is 21.5 Å². The number of hydrogen-bond acceptors (Lipinski definition) is 7. The maximum Gasteiger partial charge on any atom is 0.272 e. The summed E-state index contributed by atoms with van der Waals surface area (Å²) in [6, 6.07) is 15.9. The molecule has 0 atom stereocenters. The third kappa shape index (κ3) is 5.31. The molecule has 1 amide bonds. The van der Waals surface area contributed by atoms with Crippen LogP contribution >= 0.6 is 11.3 Å². The number of aryl methyl sites for hydroxylation is 1. The lowest BCUT2D eigenvalue weighted by Crippen LogP contribution is -2.39. The number of aromatic nitrogens is 2. The molecule has 0 aliphatic carbocycles. The van der Waals surface area contributed by atoms with Gasteiger partial charge >= 0.3 is 0 Å². The molecule has 0 unspecified atom stereocenters. The molecule has 0 radical (unpaired) electrons. The molecule has 1 saturated heterocycles. The molecule has 1 aliphatic rings. The van der Waals surface area contributed by atoms with Crippen LogP contribution in [0.15, 0.2) is 66.2 Å². The van der Waals surface area contributed by atoms with Gasteiger partial charge in [0.05, 0.1) is 12.8 Å². The maximum atomic E-state index is 13.2. The Morgan fingerprint density at radius 2 is 2.00 bits per heavy atom. The van der Waals surface area contributed by atoms with E-state index >= 15 is 0 Å². The van der Waals surface area contributed by atoms with E-state index in [2.05, 4.69) is 32.7 Å². The average Bonchev–Trinajstić information content (AvgIpc) is 3.58. The molecule has 1 fully saturated rings. The van der Waals surface area contributed by atoms with Gasteiger partial charge in [-0.25, -0.2) is 4.98 Å². The van der Waals surface area contributed by atoms with E-state index in [1.165, 1.54) is 0 Å². The summed E-state index contributed by atoms with van der Waals surface area (Å²) in [5, 5.41) is 7.07. The number of benzene rings is 2. The first-order chi connectivity index (χ1) is 19.9. The number of rotatable bonds is 7. The molecular formula is C32H34N6O2S. The molecule has 1 aliphatic heterocycles. The molecule has 2 aromatic carbocycles. The van der Waals surface area contributed by atoms with Crippen LogP contribution in [0.2, 0.25) is 0 Å². The molecule has 210 valence electrons. The number of amides is 1. The van der Waals surface area contributed by atoms with Gasteiger partial charge in [-0.2, -0.15) is 0 Å². The number of likely N-dealkylation sites (tertiary alicyclic amines) is 1. The highest BCUT2D eigenvalue weighted by atomic mass is 32.1. The van der Waals surface area contributed by atoms with Crippen molar-refractivity contribution in [2.45, 2.75) is 18.9 Å². The Labute approximate surface area is 243 Å². The van der Waals surface area contributed by atoms with E-state index in [4.69, 9.17) is 16.2 Å². The number of nitrogen functional groups attached to an aromatic ring is 1. The fourth-order valence-electron chi connectivity index (χ4n) is 5.54. The van der Waals surface area contributed by atoms with Gasteiger partial charge in [0.2, 0.25) is 0 Å². The second-order valence-electron chi connectivity index (χ2n) is 10.5. The number of pyridine rings is 1. The third-order valence-corrected chi connectivity index (χ3v) is 8.92. The Bertz CT molecular complexity index is 1760. The lowest BCUT2D eigenvalue weighted by Gasteiger charge is -2.28. The highest BCUT2D eigenvalue weighted by Gasteiger charge is 2.18. The van der Waals surface area contributed by atoms with Crippen molar-refractivity contribution in [3.63, 3.8) is 0 Å². The van der Waals surface area contributed by atoms with Gasteiger partial charge in [-0.15, -0.1) is 11.3 Å². The molecular weight excluding hydrogens is 532 g/mol. The lowest BCUT2D eigenvalue weighted by atomic mass is 10.0. The number of carbonyl (C=O) groups excluding carboxylic acids is 1. The molecule has 3 aromatic heterocycles. The second-order valence-corrected chi connectivity index (χ2v) is 11.4. The average molecular weight is 567 g/mol. The summed E-state index contributed by atoms with van der Waals surface area (Å²) in [5.74, 6) is 0.858. The van der Waals surface area contributed by atoms with E-state index in [0.29, 0.717) is 29.0 Å². The van der Waals surface area contributed by atoms with Crippen LogP contribution in [0.4, 0.5) is 11.5 Å². The monoisotopic (exact) mass is 566 g/mol. The smallest absolute Gasteiger partial charge is 0.272 e. The van der Waals surface area contributed by atoms with Crippen LogP contribution in [0.1, 0.15) is 28.9 Å². The van der Waals surface area contributed by atoms with Crippen molar-refractivity contribution in [1.82, 2.24) is 14.5 Å². The van der Waals surface area contributed by atoms with Crippen LogP contribution in [0.3, 0.4) is 0 Å². The second kappa shape index (κ2) is 11.4. The first-order valence-corrected chi connectivity index (χ1v) is 14.6. The highest BCUT2D eigenvalue weighted by molar-refractivity contribution is 7.18. The minimum atomic E-state index is -0.201. The Hall–Kier alpha value is -4.18. The first-order valence-electron chi connectivity index (χ1n) is 13.8. The number of ether oxygens (including phenoxy) is 1. The Morgan fingerprint density at radius 1 is 1.20 bits per heavy atom. The highest BCUT2D eigenvalue weighted by Crippen LogP contribution is 2.41. The van der Waals surface area contributed by atoms with Gasteiger partial charge < -0.3 is 26.1 Å². The summed E-state index contributed by atoms with van der Waals surface area (Å²) < 4.78 is 8.69. The Morgan fingerprint density at radius 3 is 2.78 bits per heavy atom. The number of piperidine rings is 1. The van der Waals surface area contributed by atoms with Crippen LogP contribution in [0.5, 0.6) is 5.75 Å². The van der Waals surface area contributed by atoms with Crippen LogP contribution in [0.25, 0.3) is 38.2 Å². The van der Waals surface area contributed by atoms with E-state index in [1.807, 2.05) is 66.3 Å². The van der Waals surface area contributed by atoms with Crippen molar-refractivity contribution >= 4 is 55.8 Å². The van der Waals surface area contributed by atoms with Gasteiger partial charge in [-0.1, -0.05) is 36.4 Å². The molecule has 41 heavy (non-hydrogen) atoms. The van der Waals surface area contributed by atoms with E-state index in [9.17, 15) is 4.79 Å². The van der Waals surface area contributed by atoms with Crippen LogP contribution in [-0.4, -0.2) is 53.1 Å². The molecule has 0 bridgehead atoms. The zero-order valence-corrected chi connectivity index (χ0v) is 24.1. The number of para-hydroxylation sites is 1. The zero-order valence-electron chi connectivity index (χ0n) is 23.3. The molecule has 4 heterocycles. The summed E-state index contributed by atoms with van der Waals surface area (Å²) in [4.78, 5) is 20.2. The first kappa shape index (κ1) is 27.0. The van der Waals surface area contributed by atoms with Gasteiger partial charge in [0.15, 0.2) is 0 Å². The third-order valence-electron chi connectivity index (χ3n) is 7.89. The van der Waals surface area contributed by atoms with Crippen molar-refractivity contribution in [2.24, 2.45) is 12.8 Å². The molecule has 0 saturated carbocycles. The largest absolute Gasteiger partial charge is 0.495 e. The number of thiophene rings is 1. The summed E-state index contributed by atoms with van der Waals surface area (Å²) in [6.45, 7) is 2.95. The fourth-order valence-corrected chi connectivity index (χ4v) is 6.62. The van der Waals surface area contributed by atoms with Crippen molar-refractivity contribution in [1.29, 1.82) is 0 Å². The summed E-state index contributed by atoms with van der Waals surface area (Å²) in [7, 11) is 3.50. The zero-order chi connectivity index (χ0) is 28.5. The SMILES string of the molecule is COc1cc(-c2csc3c(C=CCN4CCC(N)CC4)cnc(N)c23)ccc1NC(=O)c1cc2ccccc2n1C. The summed E-state index contributed by atoms with van der Waals surface area (Å²) >= 11 is 1.65. The Kier molecular flexibility index (Phi) is 7.49. The van der Waals surface area contributed by atoms with Crippen molar-refractivity contribution in [3.8, 4) is 16.9 Å². The molecule has 9 heteroatoms. The Balaban J connectivity index is 1.25. The normalized spacial score (nSPS) is 14.8. The lowest BCUT2D eigenvalue weighted by molar-refractivity contribution is 0.101. The number of fused-ring (bicyclic) bond motifs is 2. The minimum Gasteiger partial charge on any atom is -0.495 e. The van der Waals surface area contributed by atoms with Crippen molar-refractivity contribution in [3.05, 3.63) is 77.4 Å². The quantitative estimate of drug-likeness (QED) is 0.232. The number of anilines is 2. The van der Waals surface area contributed by atoms with E-state index in [1.54, 1.807) is 18.4 Å². The van der Waals surface area contributed by atoms with Gasteiger partial charge in [0, 0.05) is 57.9 Å². The number of carbonyl (C=O) groups is 1. The number of hydrogen-bond donors (Lipinski definition) is 3. The van der Waals surface area contributed by atoms with E-state index in [-0.39, 0.29) is 5.91 Å². The molecule has 0 spiro atoms. The molecule has 8 nitrogen and oxygen atoms in total. The van der Waals surface area contributed by atoms with E-state index < -0.39 is 0 Å². The van der Waals surface area contributed by atoms with Crippen LogP contribution in [0, 0.1) is 0 Å².